The van der Waals surface area contributed by atoms with Crippen molar-refractivity contribution in [1.29, 1.82) is 0 Å². The fourth-order valence-corrected chi connectivity index (χ4v) is 6.13. The minimum absolute atomic E-state index is 0.0361. The molecule has 1 aliphatic rings. The molecule has 3 aromatic carbocycles. The van der Waals surface area contributed by atoms with Crippen LogP contribution in [0.5, 0.6) is 5.75 Å². The number of rotatable bonds is 12. The third-order valence-corrected chi connectivity index (χ3v) is 8.35. The van der Waals surface area contributed by atoms with Crippen molar-refractivity contribution >= 4 is 39.5 Å². The zero-order chi connectivity index (χ0) is 26.7. The van der Waals surface area contributed by atoms with Gasteiger partial charge in [-0.25, -0.2) is 0 Å². The molecule has 1 N–H and O–H groups in total. The zero-order valence-electron chi connectivity index (χ0n) is 21.8. The molecular weight excluding hydrogens is 560 g/mol. The van der Waals surface area contributed by atoms with Gasteiger partial charge >= 0.3 is 0 Å². The Morgan fingerprint density at radius 2 is 1.68 bits per heavy atom. The summed E-state index contributed by atoms with van der Waals surface area (Å²) in [6.07, 6.45) is 4.75. The average molecular weight is 596 g/mol. The Morgan fingerprint density at radius 3 is 2.37 bits per heavy atom. The van der Waals surface area contributed by atoms with Gasteiger partial charge in [-0.15, -0.1) is 11.8 Å². The van der Waals surface area contributed by atoms with E-state index < -0.39 is 6.04 Å². The summed E-state index contributed by atoms with van der Waals surface area (Å²) in [5, 5.41) is 3.26. The lowest BCUT2D eigenvalue weighted by molar-refractivity contribution is -0.139. The number of amides is 2. The number of benzene rings is 3. The third-order valence-electron chi connectivity index (χ3n) is 6.87. The number of methoxy groups -OCH3 is 1. The molecule has 3 aromatic rings. The summed E-state index contributed by atoms with van der Waals surface area (Å²) < 4.78 is 6.19. The summed E-state index contributed by atoms with van der Waals surface area (Å²) in [6, 6.07) is 25.4. The molecule has 7 heteroatoms. The van der Waals surface area contributed by atoms with Crippen molar-refractivity contribution in [3.63, 3.8) is 0 Å². The van der Waals surface area contributed by atoms with Gasteiger partial charge in [0.15, 0.2) is 0 Å². The van der Waals surface area contributed by atoms with E-state index in [0.29, 0.717) is 24.5 Å². The standard InChI is InChI=1S/C31H35BrN2O3S/c1-37-28-16-14-24(15-17-28)21-38-22-30(35)34(20-25-10-7-11-26(32)18-25)29(19-23-8-3-2-4-9-23)31(36)33-27-12-5-6-13-27/h2-4,7-11,14-18,27,29H,5-6,12-13,19-22H2,1H3,(H,33,36)/t29-/m0/s1. The van der Waals surface area contributed by atoms with Crippen molar-refractivity contribution in [2.75, 3.05) is 12.9 Å². The van der Waals surface area contributed by atoms with Crippen LogP contribution in [0.25, 0.3) is 0 Å². The van der Waals surface area contributed by atoms with E-state index in [-0.39, 0.29) is 17.9 Å². The van der Waals surface area contributed by atoms with E-state index in [1.165, 1.54) is 0 Å². The largest absolute Gasteiger partial charge is 0.497 e. The molecular formula is C31H35BrN2O3S. The Balaban J connectivity index is 1.54. The number of nitrogens with one attached hydrogen (secondary N) is 1. The summed E-state index contributed by atoms with van der Waals surface area (Å²) >= 11 is 5.11. The van der Waals surface area contributed by atoms with Crippen LogP contribution in [0.1, 0.15) is 42.4 Å². The molecule has 0 unspecified atom stereocenters. The SMILES string of the molecule is COc1ccc(CSCC(=O)N(Cc2cccc(Br)c2)[C@@H](Cc2ccccc2)C(=O)NC2CCCC2)cc1. The molecule has 4 rings (SSSR count). The van der Waals surface area contributed by atoms with Crippen LogP contribution in [0.4, 0.5) is 0 Å². The van der Waals surface area contributed by atoms with E-state index in [9.17, 15) is 9.59 Å². The van der Waals surface area contributed by atoms with E-state index >= 15 is 0 Å². The second-order valence-corrected chi connectivity index (χ2v) is 11.6. The van der Waals surface area contributed by atoms with Crippen LogP contribution in [0.2, 0.25) is 0 Å². The summed E-state index contributed by atoms with van der Waals surface area (Å²) in [4.78, 5) is 29.3. The first-order valence-electron chi connectivity index (χ1n) is 13.1. The van der Waals surface area contributed by atoms with Crippen molar-refractivity contribution in [2.45, 2.75) is 56.5 Å². The molecule has 0 spiro atoms. The molecule has 2 amide bonds. The maximum absolute atomic E-state index is 13.8. The Labute approximate surface area is 238 Å². The molecule has 5 nitrogen and oxygen atoms in total. The number of nitrogens with zero attached hydrogens (tertiary/aromatic N) is 1. The molecule has 1 saturated carbocycles. The molecule has 1 atom stereocenters. The van der Waals surface area contributed by atoms with Crippen LogP contribution in [0.3, 0.4) is 0 Å². The van der Waals surface area contributed by atoms with Crippen molar-refractivity contribution < 1.29 is 14.3 Å². The van der Waals surface area contributed by atoms with Gasteiger partial charge in [-0.05, 0) is 53.8 Å². The highest BCUT2D eigenvalue weighted by Gasteiger charge is 2.32. The van der Waals surface area contributed by atoms with Gasteiger partial charge < -0.3 is 15.0 Å². The predicted octanol–water partition coefficient (Wildman–Crippen LogP) is 6.39. The van der Waals surface area contributed by atoms with E-state index in [4.69, 9.17) is 4.74 Å². The summed E-state index contributed by atoms with van der Waals surface area (Å²) in [5.74, 6) is 1.71. The van der Waals surface area contributed by atoms with Crippen LogP contribution < -0.4 is 10.1 Å². The van der Waals surface area contributed by atoms with Crippen LogP contribution in [-0.2, 0) is 28.3 Å². The monoisotopic (exact) mass is 594 g/mol. The second kappa shape index (κ2) is 14.4. The van der Waals surface area contributed by atoms with Crippen molar-refractivity contribution in [1.82, 2.24) is 10.2 Å². The van der Waals surface area contributed by atoms with Gasteiger partial charge in [0.2, 0.25) is 11.8 Å². The van der Waals surface area contributed by atoms with Crippen LogP contribution >= 0.6 is 27.7 Å². The maximum atomic E-state index is 13.8. The second-order valence-electron chi connectivity index (χ2n) is 9.69. The predicted molar refractivity (Wildman–Crippen MR) is 158 cm³/mol. The van der Waals surface area contributed by atoms with E-state index in [2.05, 4.69) is 21.2 Å². The van der Waals surface area contributed by atoms with Crippen LogP contribution in [-0.4, -0.2) is 41.7 Å². The van der Waals surface area contributed by atoms with E-state index in [0.717, 1.165) is 52.6 Å². The fraction of sp³-hybridized carbons (Fsp3) is 0.355. The molecule has 1 fully saturated rings. The first kappa shape index (κ1) is 28.2. The molecule has 0 radical (unpaired) electrons. The lowest BCUT2D eigenvalue weighted by Crippen LogP contribution is -2.52. The lowest BCUT2D eigenvalue weighted by Gasteiger charge is -2.32. The van der Waals surface area contributed by atoms with Gasteiger partial charge in [0.1, 0.15) is 11.8 Å². The van der Waals surface area contributed by atoms with Crippen molar-refractivity contribution in [3.8, 4) is 5.75 Å². The molecule has 0 aromatic heterocycles. The zero-order valence-corrected chi connectivity index (χ0v) is 24.2. The lowest BCUT2D eigenvalue weighted by atomic mass is 10.0. The van der Waals surface area contributed by atoms with Crippen molar-refractivity contribution in [3.05, 3.63) is 100 Å². The van der Waals surface area contributed by atoms with Gasteiger partial charge in [0.05, 0.1) is 12.9 Å². The summed E-state index contributed by atoms with van der Waals surface area (Å²) in [7, 11) is 1.65. The highest BCUT2D eigenvalue weighted by Crippen LogP contribution is 2.23. The van der Waals surface area contributed by atoms with Crippen LogP contribution in [0.15, 0.2) is 83.3 Å². The van der Waals surface area contributed by atoms with Crippen molar-refractivity contribution in [2.24, 2.45) is 0 Å². The minimum Gasteiger partial charge on any atom is -0.497 e. The number of hydrogen-bond acceptors (Lipinski definition) is 4. The number of carbonyl (C=O) groups excluding carboxylic acids is 2. The number of ether oxygens (including phenoxy) is 1. The maximum Gasteiger partial charge on any atom is 0.243 e. The summed E-state index contributed by atoms with van der Waals surface area (Å²) in [6.45, 7) is 0.372. The van der Waals surface area contributed by atoms with Gasteiger partial charge in [-0.1, -0.05) is 83.4 Å². The molecule has 200 valence electrons. The molecule has 1 aliphatic carbocycles. The first-order chi connectivity index (χ1) is 18.5. The number of carbonyl (C=O) groups is 2. The molecule has 0 heterocycles. The number of thioether (sulfide) groups is 1. The first-order valence-corrected chi connectivity index (χ1v) is 15.1. The molecule has 0 bridgehead atoms. The number of halogens is 1. The number of hydrogen-bond donors (Lipinski definition) is 1. The molecule has 0 saturated heterocycles. The van der Waals surface area contributed by atoms with E-state index in [1.807, 2.05) is 78.9 Å². The molecule has 38 heavy (non-hydrogen) atoms. The van der Waals surface area contributed by atoms with Gasteiger partial charge in [0, 0.05) is 29.2 Å². The smallest absolute Gasteiger partial charge is 0.243 e. The summed E-state index contributed by atoms with van der Waals surface area (Å²) in [5.41, 5.74) is 3.15. The quantitative estimate of drug-likeness (QED) is 0.264. The highest BCUT2D eigenvalue weighted by molar-refractivity contribution is 9.10. The van der Waals surface area contributed by atoms with Gasteiger partial charge in [-0.3, -0.25) is 9.59 Å². The van der Waals surface area contributed by atoms with Gasteiger partial charge in [-0.2, -0.15) is 0 Å². The Bertz CT molecular complexity index is 1180. The minimum atomic E-state index is -0.592. The normalized spacial score (nSPS) is 14.2. The Kier molecular flexibility index (Phi) is 10.7. The third kappa shape index (κ3) is 8.37. The fourth-order valence-electron chi connectivity index (χ4n) is 4.81. The topological polar surface area (TPSA) is 58.6 Å². The van der Waals surface area contributed by atoms with Gasteiger partial charge in [0.25, 0.3) is 0 Å². The Morgan fingerprint density at radius 1 is 0.974 bits per heavy atom. The average Bonchev–Trinajstić information content (AvgIpc) is 3.44. The highest BCUT2D eigenvalue weighted by atomic mass is 79.9. The van der Waals surface area contributed by atoms with Crippen LogP contribution in [0, 0.1) is 0 Å². The molecule has 0 aliphatic heterocycles. The Hall–Kier alpha value is -2.77. The van der Waals surface area contributed by atoms with E-state index in [1.54, 1.807) is 23.8 Å².